The second-order valence-corrected chi connectivity index (χ2v) is 5.47. The Balaban J connectivity index is 0.00000225. The number of aromatic nitrogens is 3. The number of hydrogen-bond donors (Lipinski definition) is 2. The Kier molecular flexibility index (Phi) is 6.37. The van der Waals surface area contributed by atoms with Gasteiger partial charge in [0.2, 0.25) is 0 Å². The fourth-order valence-electron chi connectivity index (χ4n) is 2.23. The number of aliphatic hydroxyl groups is 1. The van der Waals surface area contributed by atoms with E-state index in [1.807, 2.05) is 54.3 Å². The van der Waals surface area contributed by atoms with Gasteiger partial charge in [-0.2, -0.15) is 10.2 Å². The molecule has 3 rings (SSSR count). The molecule has 1 aromatic carbocycles. The predicted molar refractivity (Wildman–Crippen MR) is 89.9 cm³/mol. The van der Waals surface area contributed by atoms with Crippen molar-refractivity contribution < 1.29 is 26.7 Å². The van der Waals surface area contributed by atoms with Crippen molar-refractivity contribution in [1.29, 1.82) is 0 Å². The second kappa shape index (κ2) is 8.50. The van der Waals surface area contributed by atoms with E-state index in [9.17, 15) is 0 Å². The van der Waals surface area contributed by atoms with Crippen LogP contribution in [0.25, 0.3) is 0 Å². The summed E-state index contributed by atoms with van der Waals surface area (Å²) < 4.78 is 3.66. The largest absolute Gasteiger partial charge is 1.00 e. The Hall–Kier alpha value is -2.58. The average Bonchev–Trinajstić information content (AvgIpc) is 2.95. The number of halogens is 1. The molecule has 25 heavy (non-hydrogen) atoms. The minimum Gasteiger partial charge on any atom is -1.00 e. The molecule has 0 aliphatic carbocycles. The van der Waals surface area contributed by atoms with Crippen LogP contribution in [0.3, 0.4) is 0 Å². The van der Waals surface area contributed by atoms with Crippen LogP contribution in [-0.4, -0.2) is 14.9 Å². The number of nitrogens with zero attached hydrogens (tertiary/aromatic N) is 5. The number of benzene rings is 1. The highest BCUT2D eigenvalue weighted by molar-refractivity contribution is 5.56. The zero-order valence-electron chi connectivity index (χ0n) is 13.7. The number of anilines is 1. The lowest BCUT2D eigenvalue weighted by Crippen LogP contribution is -3.00. The molecular weight excluding hydrogens is 384 g/mol. The third kappa shape index (κ3) is 4.71. The number of aryl methyl sites for hydroxylation is 1. The molecule has 3 aromatic rings. The molecule has 0 aliphatic heterocycles. The summed E-state index contributed by atoms with van der Waals surface area (Å²) in [7, 11) is 1.97. The van der Waals surface area contributed by atoms with E-state index < -0.39 is 0 Å². The molecule has 0 fully saturated rings. The van der Waals surface area contributed by atoms with Gasteiger partial charge in [-0.3, -0.25) is 0 Å². The number of nitrogen functional groups attached to an aromatic ring is 1. The molecule has 0 amide bonds. The molecule has 3 N–H and O–H groups in total. The van der Waals surface area contributed by atoms with Crippen LogP contribution in [-0.2, 0) is 20.2 Å². The summed E-state index contributed by atoms with van der Waals surface area (Å²) in [5.41, 5.74) is 9.16. The maximum absolute atomic E-state index is 9.14. The first-order valence-corrected chi connectivity index (χ1v) is 7.52. The van der Waals surface area contributed by atoms with E-state index >= 15 is 0 Å². The van der Waals surface area contributed by atoms with E-state index in [-0.39, 0.29) is 23.6 Å². The zero-order valence-corrected chi connectivity index (χ0v) is 15.3. The highest BCUT2D eigenvalue weighted by Gasteiger charge is 2.08. The molecule has 0 saturated heterocycles. The lowest BCUT2D eigenvalue weighted by Gasteiger charge is -2.03. The summed E-state index contributed by atoms with van der Waals surface area (Å²) in [6.45, 7) is 0.542. The topological polar surface area (TPSA) is 92.7 Å². The van der Waals surface area contributed by atoms with Crippen molar-refractivity contribution in [2.45, 2.75) is 13.2 Å². The number of hydrogen-bond acceptors (Lipinski definition) is 5. The quantitative estimate of drug-likeness (QED) is 0.434. The molecule has 0 unspecified atom stereocenters. The number of aliphatic hydroxyl groups excluding tert-OH is 1. The van der Waals surface area contributed by atoms with Crippen molar-refractivity contribution in [3.8, 4) is 0 Å². The van der Waals surface area contributed by atoms with Gasteiger partial charge in [-0.15, -0.1) is 5.11 Å². The van der Waals surface area contributed by atoms with Crippen LogP contribution >= 0.6 is 0 Å². The van der Waals surface area contributed by atoms with Gasteiger partial charge in [0.05, 0.1) is 25.0 Å². The minimum absolute atomic E-state index is 0. The Morgan fingerprint density at radius 2 is 1.92 bits per heavy atom. The van der Waals surface area contributed by atoms with E-state index in [1.54, 1.807) is 16.9 Å². The van der Waals surface area contributed by atoms with Gasteiger partial charge in [-0.05, 0) is 23.3 Å². The summed E-state index contributed by atoms with van der Waals surface area (Å²) in [6.07, 6.45) is 5.55. The van der Waals surface area contributed by atoms with E-state index in [2.05, 4.69) is 15.3 Å². The Labute approximate surface area is 156 Å². The fourth-order valence-corrected chi connectivity index (χ4v) is 2.23. The SMILES string of the molecule is C[n+]1ccc(Cn2ncc(N=Nc3cccc(CO)c3)c2N)cc1.[Br-]. The van der Waals surface area contributed by atoms with Gasteiger partial charge < -0.3 is 27.8 Å². The minimum atomic E-state index is -0.0295. The van der Waals surface area contributed by atoms with Gasteiger partial charge >= 0.3 is 0 Å². The molecule has 0 atom stereocenters. The highest BCUT2D eigenvalue weighted by atomic mass is 79.9. The lowest BCUT2D eigenvalue weighted by atomic mass is 10.2. The van der Waals surface area contributed by atoms with Crippen LogP contribution in [0.4, 0.5) is 17.2 Å². The molecule has 2 heterocycles. The molecule has 2 aromatic heterocycles. The van der Waals surface area contributed by atoms with Crippen LogP contribution < -0.4 is 27.3 Å². The maximum Gasteiger partial charge on any atom is 0.168 e. The van der Waals surface area contributed by atoms with Crippen molar-refractivity contribution in [1.82, 2.24) is 9.78 Å². The zero-order chi connectivity index (χ0) is 16.9. The number of pyridine rings is 1. The van der Waals surface area contributed by atoms with Crippen molar-refractivity contribution >= 4 is 17.2 Å². The van der Waals surface area contributed by atoms with Crippen LogP contribution in [0, 0.1) is 0 Å². The third-order valence-electron chi connectivity index (χ3n) is 3.61. The maximum atomic E-state index is 9.14. The van der Waals surface area contributed by atoms with Crippen LogP contribution in [0.1, 0.15) is 11.1 Å². The fraction of sp³-hybridized carbons (Fsp3) is 0.176. The second-order valence-electron chi connectivity index (χ2n) is 5.47. The van der Waals surface area contributed by atoms with Gasteiger partial charge in [0.25, 0.3) is 0 Å². The summed E-state index contributed by atoms with van der Waals surface area (Å²) in [5.74, 6) is 0.463. The molecule has 0 aliphatic rings. The number of nitrogens with two attached hydrogens (primary N) is 1. The first kappa shape index (κ1) is 18.8. The summed E-state index contributed by atoms with van der Waals surface area (Å²) in [4.78, 5) is 0. The van der Waals surface area contributed by atoms with Crippen molar-refractivity contribution in [2.75, 3.05) is 5.73 Å². The molecule has 0 bridgehead atoms. The molecule has 8 heteroatoms. The highest BCUT2D eigenvalue weighted by Crippen LogP contribution is 2.25. The Morgan fingerprint density at radius 3 is 2.64 bits per heavy atom. The molecule has 7 nitrogen and oxygen atoms in total. The van der Waals surface area contributed by atoms with Crippen molar-refractivity contribution in [3.05, 3.63) is 66.1 Å². The van der Waals surface area contributed by atoms with Gasteiger partial charge in [-0.1, -0.05) is 12.1 Å². The first-order chi connectivity index (χ1) is 11.7. The summed E-state index contributed by atoms with van der Waals surface area (Å²) >= 11 is 0. The molecule has 0 saturated carbocycles. The number of azo groups is 1. The number of rotatable bonds is 5. The third-order valence-corrected chi connectivity index (χ3v) is 3.61. The van der Waals surface area contributed by atoms with Gasteiger partial charge in [0, 0.05) is 12.1 Å². The molecular formula is C17H19BrN6O. The van der Waals surface area contributed by atoms with Gasteiger partial charge in [0.1, 0.15) is 18.6 Å². The lowest BCUT2D eigenvalue weighted by molar-refractivity contribution is -0.671. The van der Waals surface area contributed by atoms with E-state index in [1.165, 1.54) is 0 Å². The molecule has 0 radical (unpaired) electrons. The van der Waals surface area contributed by atoms with Crippen LogP contribution in [0.2, 0.25) is 0 Å². The van der Waals surface area contributed by atoms with E-state index in [0.29, 0.717) is 23.7 Å². The predicted octanol–water partition coefficient (Wildman–Crippen LogP) is -0.750. The van der Waals surface area contributed by atoms with Crippen molar-refractivity contribution in [2.24, 2.45) is 17.3 Å². The monoisotopic (exact) mass is 402 g/mol. The van der Waals surface area contributed by atoms with E-state index in [0.717, 1.165) is 11.1 Å². The average molecular weight is 403 g/mol. The van der Waals surface area contributed by atoms with Crippen LogP contribution in [0.15, 0.2) is 65.2 Å². The standard InChI is InChI=1S/C17H19N6O.BrH/c1-22-7-5-13(6-8-22)11-23-17(18)16(10-19-23)21-20-15-4-2-3-14(9-15)12-24;/h2-10,24H,11-12,18H2,1H3;1H/q+1;/p-1. The molecule has 0 spiro atoms. The summed E-state index contributed by atoms with van der Waals surface area (Å²) in [6, 6.07) is 11.3. The molecule has 130 valence electrons. The van der Waals surface area contributed by atoms with Gasteiger partial charge in [0.15, 0.2) is 12.4 Å². The smallest absolute Gasteiger partial charge is 0.168 e. The van der Waals surface area contributed by atoms with Crippen molar-refractivity contribution in [3.63, 3.8) is 0 Å². The van der Waals surface area contributed by atoms with Gasteiger partial charge in [-0.25, -0.2) is 9.25 Å². The first-order valence-electron chi connectivity index (χ1n) is 7.52. The Morgan fingerprint density at radius 1 is 1.16 bits per heavy atom. The summed E-state index contributed by atoms with van der Waals surface area (Å²) in [5, 5.41) is 21.7. The van der Waals surface area contributed by atoms with E-state index in [4.69, 9.17) is 10.8 Å². The van der Waals surface area contributed by atoms with Crippen LogP contribution in [0.5, 0.6) is 0 Å². The Bertz CT molecular complexity index is 860. The normalized spacial score (nSPS) is 10.8.